The van der Waals surface area contributed by atoms with Crippen LogP contribution in [0.3, 0.4) is 0 Å². The number of hydrogen-bond acceptors (Lipinski definition) is 5. The molecule has 3 heterocycles. The topological polar surface area (TPSA) is 65.4 Å². The predicted octanol–water partition coefficient (Wildman–Crippen LogP) is 3.27. The molecule has 28 heavy (non-hydrogen) atoms. The molecular formula is C22H23N3O3. The van der Waals surface area contributed by atoms with E-state index in [4.69, 9.17) is 9.84 Å². The van der Waals surface area contributed by atoms with E-state index in [0.29, 0.717) is 13.1 Å². The summed E-state index contributed by atoms with van der Waals surface area (Å²) < 4.78 is 6.55. The van der Waals surface area contributed by atoms with Crippen LogP contribution in [0.25, 0.3) is 0 Å². The molecule has 1 amide bonds. The predicted molar refractivity (Wildman–Crippen MR) is 105 cm³/mol. The lowest BCUT2D eigenvalue weighted by atomic mass is 9.90. The number of para-hydroxylation sites is 1. The Balaban J connectivity index is 1.53. The fourth-order valence-electron chi connectivity index (χ4n) is 4.56. The van der Waals surface area contributed by atoms with Crippen LogP contribution in [0.4, 0.5) is 0 Å². The average Bonchev–Trinajstić information content (AvgIpc) is 3.16. The van der Waals surface area contributed by atoms with Gasteiger partial charge in [-0.2, -0.15) is 5.10 Å². The number of rotatable bonds is 1. The van der Waals surface area contributed by atoms with Crippen LogP contribution >= 0.6 is 0 Å². The average molecular weight is 377 g/mol. The van der Waals surface area contributed by atoms with Gasteiger partial charge in [0.05, 0.1) is 11.8 Å². The van der Waals surface area contributed by atoms with Gasteiger partial charge in [0, 0.05) is 44.8 Å². The van der Waals surface area contributed by atoms with Gasteiger partial charge >= 0.3 is 0 Å². The Kier molecular flexibility index (Phi) is 3.82. The molecule has 1 spiro atoms. The Bertz CT molecular complexity index is 946. The first-order valence-corrected chi connectivity index (χ1v) is 9.75. The van der Waals surface area contributed by atoms with E-state index in [9.17, 15) is 9.90 Å². The van der Waals surface area contributed by atoms with Gasteiger partial charge in [0.15, 0.2) is 0 Å². The molecule has 3 aliphatic heterocycles. The third kappa shape index (κ3) is 2.63. The van der Waals surface area contributed by atoms with Crippen LogP contribution in [-0.2, 0) is 4.79 Å². The van der Waals surface area contributed by atoms with Gasteiger partial charge in [0.25, 0.3) is 0 Å². The Morgan fingerprint density at radius 3 is 2.57 bits per heavy atom. The van der Waals surface area contributed by atoms with E-state index >= 15 is 0 Å². The van der Waals surface area contributed by atoms with Gasteiger partial charge in [-0.3, -0.25) is 4.79 Å². The first kappa shape index (κ1) is 17.1. The number of ether oxygens (including phenoxy) is 1. The summed E-state index contributed by atoms with van der Waals surface area (Å²) in [6.45, 7) is 2.96. The van der Waals surface area contributed by atoms with Gasteiger partial charge in [0.2, 0.25) is 11.6 Å². The van der Waals surface area contributed by atoms with Gasteiger partial charge in [0.1, 0.15) is 11.5 Å². The monoisotopic (exact) mass is 377 g/mol. The molecule has 2 aromatic carbocycles. The quantitative estimate of drug-likeness (QED) is 0.828. The zero-order chi connectivity index (χ0) is 19.3. The lowest BCUT2D eigenvalue weighted by Crippen LogP contribution is -2.59. The van der Waals surface area contributed by atoms with E-state index in [2.05, 4.69) is 11.1 Å². The second-order valence-corrected chi connectivity index (χ2v) is 7.75. The molecule has 2 aromatic rings. The van der Waals surface area contributed by atoms with Crippen LogP contribution in [0.1, 0.15) is 43.4 Å². The highest BCUT2D eigenvalue weighted by Gasteiger charge is 2.51. The maximum Gasteiger partial charge on any atom is 0.219 e. The maximum absolute atomic E-state index is 11.8. The van der Waals surface area contributed by atoms with Gasteiger partial charge in [-0.15, -0.1) is 0 Å². The lowest BCUT2D eigenvalue weighted by molar-refractivity contribution is -0.158. The minimum Gasteiger partial charge on any atom is -0.508 e. The fourth-order valence-corrected chi connectivity index (χ4v) is 4.56. The van der Waals surface area contributed by atoms with Crippen LogP contribution in [0.15, 0.2) is 53.6 Å². The second-order valence-electron chi connectivity index (χ2n) is 7.75. The van der Waals surface area contributed by atoms with Crippen molar-refractivity contribution in [1.82, 2.24) is 9.91 Å². The van der Waals surface area contributed by atoms with E-state index in [-0.39, 0.29) is 17.7 Å². The molecule has 3 aliphatic rings. The molecule has 1 atom stereocenters. The molecule has 6 nitrogen and oxygen atoms in total. The number of carbonyl (C=O) groups is 1. The molecule has 0 aromatic heterocycles. The van der Waals surface area contributed by atoms with E-state index in [1.807, 2.05) is 35.2 Å². The maximum atomic E-state index is 11.8. The summed E-state index contributed by atoms with van der Waals surface area (Å²) in [5, 5.41) is 16.7. The molecule has 0 radical (unpaired) electrons. The summed E-state index contributed by atoms with van der Waals surface area (Å²) in [6, 6.07) is 15.5. The van der Waals surface area contributed by atoms with Crippen molar-refractivity contribution in [2.24, 2.45) is 5.10 Å². The third-order valence-electron chi connectivity index (χ3n) is 6.10. The number of nitrogens with zero attached hydrogens (tertiary/aromatic N) is 3. The van der Waals surface area contributed by atoms with E-state index in [1.165, 1.54) is 0 Å². The number of benzene rings is 2. The number of phenols is 1. The molecular weight excluding hydrogens is 354 g/mol. The van der Waals surface area contributed by atoms with E-state index in [1.54, 1.807) is 19.1 Å². The standard InChI is InChI=1S/C22H23N3O3/c1-15(26)24-12-10-22(11-13-24)25-20(18-4-2-3-5-21(18)28-22)14-19(23-25)16-6-8-17(27)9-7-16/h2-9,20,27H,10-14H2,1H3/t20-/m1/s1. The van der Waals surface area contributed by atoms with E-state index in [0.717, 1.165) is 41.9 Å². The molecule has 0 saturated carbocycles. The largest absolute Gasteiger partial charge is 0.508 e. The number of piperidine rings is 1. The minimum absolute atomic E-state index is 0.109. The summed E-state index contributed by atoms with van der Waals surface area (Å²) >= 11 is 0. The van der Waals surface area contributed by atoms with Crippen molar-refractivity contribution in [3.63, 3.8) is 0 Å². The summed E-state index contributed by atoms with van der Waals surface area (Å²) in [6.07, 6.45) is 2.25. The van der Waals surface area contributed by atoms with Crippen LogP contribution in [0, 0.1) is 0 Å². The first-order chi connectivity index (χ1) is 13.6. The Labute approximate surface area is 164 Å². The van der Waals surface area contributed by atoms with Crippen LogP contribution < -0.4 is 4.74 Å². The highest BCUT2D eigenvalue weighted by atomic mass is 16.5. The Morgan fingerprint density at radius 2 is 1.86 bits per heavy atom. The SMILES string of the molecule is CC(=O)N1CCC2(CC1)Oc1ccccc1[C@H]1CC(c3ccc(O)cc3)=NN12. The highest BCUT2D eigenvalue weighted by molar-refractivity contribution is 6.02. The van der Waals surface area contributed by atoms with Gasteiger partial charge in [-0.05, 0) is 35.9 Å². The van der Waals surface area contributed by atoms with Crippen molar-refractivity contribution >= 4 is 11.6 Å². The van der Waals surface area contributed by atoms with Crippen LogP contribution in [0.5, 0.6) is 11.5 Å². The number of aromatic hydroxyl groups is 1. The van der Waals surface area contributed by atoms with Crippen molar-refractivity contribution in [2.75, 3.05) is 13.1 Å². The molecule has 1 N–H and O–H groups in total. The number of amides is 1. The van der Waals surface area contributed by atoms with Gasteiger partial charge < -0.3 is 14.7 Å². The molecule has 0 aliphatic carbocycles. The van der Waals surface area contributed by atoms with Crippen molar-refractivity contribution in [2.45, 2.75) is 38.0 Å². The molecule has 0 bridgehead atoms. The number of likely N-dealkylation sites (tertiary alicyclic amines) is 1. The summed E-state index contributed by atoms with van der Waals surface area (Å²) in [5.74, 6) is 1.28. The zero-order valence-corrected chi connectivity index (χ0v) is 15.8. The molecule has 0 unspecified atom stereocenters. The van der Waals surface area contributed by atoms with E-state index < -0.39 is 5.72 Å². The fraction of sp³-hybridized carbons (Fsp3) is 0.364. The smallest absolute Gasteiger partial charge is 0.219 e. The van der Waals surface area contributed by atoms with Crippen LogP contribution in [0.2, 0.25) is 0 Å². The Hall–Kier alpha value is -3.02. The Morgan fingerprint density at radius 1 is 1.14 bits per heavy atom. The highest BCUT2D eigenvalue weighted by Crippen LogP contribution is 2.49. The molecule has 1 fully saturated rings. The second kappa shape index (κ2) is 6.26. The number of fused-ring (bicyclic) bond motifs is 4. The number of phenolic OH excluding ortho intramolecular Hbond substituents is 1. The number of carbonyl (C=O) groups excluding carboxylic acids is 1. The number of hydrogen-bond donors (Lipinski definition) is 1. The van der Waals surface area contributed by atoms with Crippen molar-refractivity contribution < 1.29 is 14.6 Å². The van der Waals surface area contributed by atoms with Gasteiger partial charge in [-0.25, -0.2) is 5.01 Å². The summed E-state index contributed by atoms with van der Waals surface area (Å²) in [5.41, 5.74) is 2.64. The summed E-state index contributed by atoms with van der Waals surface area (Å²) in [4.78, 5) is 13.7. The number of hydrazone groups is 1. The molecule has 5 rings (SSSR count). The van der Waals surface area contributed by atoms with Crippen molar-refractivity contribution in [3.05, 3.63) is 59.7 Å². The third-order valence-corrected chi connectivity index (χ3v) is 6.10. The molecule has 144 valence electrons. The minimum atomic E-state index is -0.524. The first-order valence-electron chi connectivity index (χ1n) is 9.75. The zero-order valence-electron chi connectivity index (χ0n) is 15.8. The normalized spacial score (nSPS) is 22.3. The summed E-state index contributed by atoms with van der Waals surface area (Å²) in [7, 11) is 0. The lowest BCUT2D eigenvalue weighted by Gasteiger charge is -2.51. The van der Waals surface area contributed by atoms with Crippen molar-refractivity contribution in [3.8, 4) is 11.5 Å². The van der Waals surface area contributed by atoms with Gasteiger partial charge in [-0.1, -0.05) is 18.2 Å². The molecule has 6 heteroatoms. The van der Waals surface area contributed by atoms with Crippen molar-refractivity contribution in [1.29, 1.82) is 0 Å². The van der Waals surface area contributed by atoms with Crippen LogP contribution in [-0.4, -0.2) is 45.4 Å². The molecule has 1 saturated heterocycles.